The molecule has 6 heterocycles. The highest BCUT2D eigenvalue weighted by Crippen LogP contribution is 2.39. The second-order valence-corrected chi connectivity index (χ2v) is 13.2. The van der Waals surface area contributed by atoms with E-state index in [0.29, 0.717) is 38.1 Å². The van der Waals surface area contributed by atoms with Crippen LogP contribution in [0.5, 0.6) is 6.01 Å². The van der Waals surface area contributed by atoms with Gasteiger partial charge in [0.2, 0.25) is 0 Å². The van der Waals surface area contributed by atoms with Crippen molar-refractivity contribution in [2.75, 3.05) is 50.5 Å². The number of carbonyl (C=O) groups excluding carboxylic acids is 1. The molecule has 11 nitrogen and oxygen atoms in total. The number of halogens is 6. The van der Waals surface area contributed by atoms with Gasteiger partial charge < -0.3 is 25.4 Å². The normalized spacial score (nSPS) is 17.8. The highest BCUT2D eigenvalue weighted by Gasteiger charge is 2.45. The first-order chi connectivity index (χ1) is 24.2. The van der Waals surface area contributed by atoms with Crippen LogP contribution in [0.25, 0.3) is 0 Å². The first kappa shape index (κ1) is 38.2. The monoisotopic (exact) mass is 740 g/mol. The Morgan fingerprint density at radius 1 is 1.14 bits per heavy atom. The summed E-state index contributed by atoms with van der Waals surface area (Å²) in [5.74, 6) is 0.748. The molecule has 2 fully saturated rings. The number of carbonyl (C=O) groups is 1. The Hall–Kier alpha value is -4.02. The molecule has 1 amide bonds. The molecule has 0 atom stereocenters. The summed E-state index contributed by atoms with van der Waals surface area (Å²) in [6, 6.07) is 3.57. The molecule has 0 bridgehead atoms. The number of alkyl halides is 3. The molecule has 4 aliphatic rings. The largest absolute Gasteiger partial charge is 0.461 e. The van der Waals surface area contributed by atoms with Crippen LogP contribution in [0.4, 0.5) is 33.5 Å². The van der Waals surface area contributed by atoms with Crippen molar-refractivity contribution in [3.63, 3.8) is 0 Å². The number of nitrogens with one attached hydrogen (secondary N) is 1. The number of ether oxygens (including phenoxy) is 2. The number of amides is 1. The number of benzene rings is 1. The number of nitrogen functional groups attached to an aromatic ring is 1. The molecule has 0 spiro atoms. The molecule has 0 radical (unpaired) electrons. The highest BCUT2D eigenvalue weighted by atomic mass is 35.5. The lowest BCUT2D eigenvalue weighted by atomic mass is 9.95. The second kappa shape index (κ2) is 16.1. The van der Waals surface area contributed by atoms with Gasteiger partial charge >= 0.3 is 12.2 Å². The minimum Gasteiger partial charge on any atom is -0.461 e. The van der Waals surface area contributed by atoms with E-state index in [0.717, 1.165) is 72.5 Å². The lowest BCUT2D eigenvalue weighted by Crippen LogP contribution is -2.43. The van der Waals surface area contributed by atoms with Crippen LogP contribution in [-0.2, 0) is 37.0 Å². The number of nitrogens with two attached hydrogens (primary N) is 1. The number of hydrogen-bond donors (Lipinski definition) is 2. The number of aromatic nitrogens is 4. The zero-order valence-corrected chi connectivity index (χ0v) is 29.3. The molecular weight excluding hydrogens is 699 g/mol. The molecule has 17 heteroatoms. The maximum Gasteiger partial charge on any atom is 0.417 e. The highest BCUT2D eigenvalue weighted by molar-refractivity contribution is 6.31. The van der Waals surface area contributed by atoms with Gasteiger partial charge in [-0.15, -0.1) is 0 Å². The van der Waals surface area contributed by atoms with Crippen LogP contribution in [0.2, 0.25) is 5.02 Å². The van der Waals surface area contributed by atoms with Crippen molar-refractivity contribution >= 4 is 29.0 Å². The van der Waals surface area contributed by atoms with Crippen molar-refractivity contribution in [1.82, 2.24) is 30.0 Å². The molecule has 278 valence electrons. The summed E-state index contributed by atoms with van der Waals surface area (Å²) in [7, 11) is 1.64. The second-order valence-electron chi connectivity index (χ2n) is 12.8. The van der Waals surface area contributed by atoms with Crippen LogP contribution in [0.1, 0.15) is 70.7 Å². The zero-order chi connectivity index (χ0) is 36.9. The van der Waals surface area contributed by atoms with Gasteiger partial charge in [0.15, 0.2) is 5.69 Å². The van der Waals surface area contributed by atoms with Crippen molar-refractivity contribution in [1.29, 1.82) is 0 Å². The van der Waals surface area contributed by atoms with Crippen LogP contribution in [0.3, 0.4) is 0 Å². The zero-order valence-electron chi connectivity index (χ0n) is 28.6. The summed E-state index contributed by atoms with van der Waals surface area (Å²) in [6.45, 7) is 10.6. The summed E-state index contributed by atoms with van der Waals surface area (Å²) >= 11 is 5.31. The smallest absolute Gasteiger partial charge is 0.417 e. The maximum atomic E-state index is 12.3. The van der Waals surface area contributed by atoms with Crippen molar-refractivity contribution < 1.29 is 36.2 Å². The number of fused-ring (bicyclic) bond motifs is 3. The molecule has 51 heavy (non-hydrogen) atoms. The third-order valence-corrected chi connectivity index (χ3v) is 9.87. The van der Waals surface area contributed by atoms with Gasteiger partial charge in [0.1, 0.15) is 12.4 Å². The van der Waals surface area contributed by atoms with Gasteiger partial charge in [-0.25, -0.2) is 0 Å². The third kappa shape index (κ3) is 8.90. The number of aryl methyl sites for hydroxylation is 1. The van der Waals surface area contributed by atoms with Crippen LogP contribution in [-0.4, -0.2) is 76.0 Å². The molecule has 0 unspecified atom stereocenters. The van der Waals surface area contributed by atoms with Gasteiger partial charge in [-0.05, 0) is 76.9 Å². The predicted molar refractivity (Wildman–Crippen MR) is 182 cm³/mol. The van der Waals surface area contributed by atoms with Crippen LogP contribution < -0.4 is 20.7 Å². The Kier molecular flexibility index (Phi) is 12.1. The number of anilines is 2. The molecule has 0 aliphatic carbocycles. The maximum absolute atomic E-state index is 12.3. The van der Waals surface area contributed by atoms with Gasteiger partial charge in [0, 0.05) is 43.4 Å². The average Bonchev–Trinajstić information content (AvgIpc) is 3.70. The minimum atomic E-state index is -4.41. The molecule has 7 rings (SSSR count). The van der Waals surface area contributed by atoms with Gasteiger partial charge in [-0.1, -0.05) is 11.6 Å². The van der Waals surface area contributed by atoms with Crippen LogP contribution in [0.15, 0.2) is 30.9 Å². The SMILES string of the molecule is C=C(F)F.CNC(=O)c1nn2c(c1C)CN(c1nc(OCC34CCCN3CCC4)nc3c1COCC3)CCC2.Nc1ccc(C(F)(F)F)c(Cl)c1. The number of hydrogen-bond acceptors (Lipinski definition) is 9. The fourth-order valence-corrected chi connectivity index (χ4v) is 7.39. The van der Waals surface area contributed by atoms with E-state index in [4.69, 9.17) is 36.8 Å². The molecule has 1 aromatic carbocycles. The Bertz CT molecular complexity index is 1720. The minimum absolute atomic E-state index is 0.148. The summed E-state index contributed by atoms with van der Waals surface area (Å²) in [5.41, 5.74) is 9.30. The van der Waals surface area contributed by atoms with Gasteiger partial charge in [0.25, 0.3) is 12.0 Å². The average molecular weight is 741 g/mol. The summed E-state index contributed by atoms with van der Waals surface area (Å²) in [5, 5.41) is 6.94. The molecule has 3 N–H and O–H groups in total. The van der Waals surface area contributed by atoms with E-state index in [-0.39, 0.29) is 22.2 Å². The van der Waals surface area contributed by atoms with Crippen molar-refractivity contribution in [3.8, 4) is 6.01 Å². The lowest BCUT2D eigenvalue weighted by molar-refractivity contribution is -0.137. The Morgan fingerprint density at radius 3 is 2.49 bits per heavy atom. The molecule has 2 aromatic heterocycles. The molecule has 0 saturated carbocycles. The van der Waals surface area contributed by atoms with E-state index in [2.05, 4.69) is 26.8 Å². The van der Waals surface area contributed by atoms with Crippen molar-refractivity contribution in [2.45, 2.75) is 76.9 Å². The van der Waals surface area contributed by atoms with E-state index < -0.39 is 17.8 Å². The van der Waals surface area contributed by atoms with Crippen molar-refractivity contribution in [2.24, 2.45) is 0 Å². The molecule has 3 aromatic rings. The predicted octanol–water partition coefficient (Wildman–Crippen LogP) is 6.17. The number of nitrogens with zero attached hydrogens (tertiary/aromatic N) is 6. The molecule has 2 saturated heterocycles. The fourth-order valence-electron chi connectivity index (χ4n) is 7.10. The van der Waals surface area contributed by atoms with E-state index in [1.54, 1.807) is 7.05 Å². The van der Waals surface area contributed by atoms with Crippen molar-refractivity contribution in [3.05, 3.63) is 69.7 Å². The van der Waals surface area contributed by atoms with E-state index in [1.165, 1.54) is 38.8 Å². The van der Waals surface area contributed by atoms with E-state index >= 15 is 0 Å². The molecule has 4 aliphatic heterocycles. The first-order valence-corrected chi connectivity index (χ1v) is 17.1. The fraction of sp³-hybridized carbons (Fsp3) is 0.529. The van der Waals surface area contributed by atoms with E-state index in [1.807, 2.05) is 11.6 Å². The van der Waals surface area contributed by atoms with Gasteiger partial charge in [-0.2, -0.15) is 37.0 Å². The quantitative estimate of drug-likeness (QED) is 0.234. The van der Waals surface area contributed by atoms with Crippen LogP contribution >= 0.6 is 11.6 Å². The summed E-state index contributed by atoms with van der Waals surface area (Å²) in [6.07, 6.45) is 0.319. The summed E-state index contributed by atoms with van der Waals surface area (Å²) < 4.78 is 70.6. The van der Waals surface area contributed by atoms with Gasteiger partial charge in [-0.3, -0.25) is 14.4 Å². The summed E-state index contributed by atoms with van der Waals surface area (Å²) in [4.78, 5) is 27.0. The molecular formula is C34H42ClF5N8O3. The van der Waals surface area contributed by atoms with Crippen LogP contribution in [0, 0.1) is 6.92 Å². The number of rotatable bonds is 5. The standard InChI is InChI=1S/C25H35N7O3.C7H5ClF3N.C2H2F2/c1-17-20-14-30(9-5-12-32(20)29-21(17)23(33)26-2)22-18-15-34-13-6-19(18)27-24(28-22)35-16-25-7-3-10-31(25)11-4-8-25;8-6-3-4(12)1-2-5(6)7(9,10)11;1-2(3)4/h3-16H2,1-2H3,(H,26,33);1-3H,12H2;1H2. The van der Waals surface area contributed by atoms with Gasteiger partial charge in [0.05, 0.1) is 47.3 Å². The Labute approximate surface area is 297 Å². The lowest BCUT2D eigenvalue weighted by Gasteiger charge is -2.32. The Morgan fingerprint density at radius 2 is 1.84 bits per heavy atom. The topological polar surface area (TPSA) is 124 Å². The third-order valence-electron chi connectivity index (χ3n) is 9.56. The first-order valence-electron chi connectivity index (χ1n) is 16.7. The van der Waals surface area contributed by atoms with E-state index in [9.17, 15) is 26.7 Å². The Balaban J connectivity index is 0.000000263.